The van der Waals surface area contributed by atoms with Crippen LogP contribution in [0.25, 0.3) is 0 Å². The molecule has 1 N–H and O–H groups in total. The van der Waals surface area contributed by atoms with Gasteiger partial charge in [0.1, 0.15) is 0 Å². The van der Waals surface area contributed by atoms with Gasteiger partial charge in [0.25, 0.3) is 0 Å². The second kappa shape index (κ2) is 7.34. The Morgan fingerprint density at radius 3 is 2.94 bits per heavy atom. The Bertz CT molecular complexity index is 351. The number of hydrogen-bond donors (Lipinski definition) is 1. The highest BCUT2D eigenvalue weighted by molar-refractivity contribution is 5.24. The van der Waals surface area contributed by atoms with Gasteiger partial charge in [-0.25, -0.2) is 4.98 Å². The molecule has 1 aliphatic rings. The van der Waals surface area contributed by atoms with E-state index in [4.69, 9.17) is 4.74 Å². The molecule has 4 nitrogen and oxygen atoms in total. The van der Waals surface area contributed by atoms with Crippen molar-refractivity contribution >= 4 is 0 Å². The molecular weight excluding hydrogens is 226 g/mol. The first-order valence-electron chi connectivity index (χ1n) is 6.81. The van der Waals surface area contributed by atoms with E-state index in [9.17, 15) is 0 Å². The lowest BCUT2D eigenvalue weighted by Crippen LogP contribution is -2.35. The molecule has 0 bridgehead atoms. The van der Waals surface area contributed by atoms with Gasteiger partial charge in [0.15, 0.2) is 0 Å². The highest BCUT2D eigenvalue weighted by Gasteiger charge is 2.09. The molecule has 0 spiro atoms. The van der Waals surface area contributed by atoms with Gasteiger partial charge in [0.05, 0.1) is 7.11 Å². The first kappa shape index (κ1) is 13.3. The number of ether oxygens (including phenoxy) is 1. The standard InChI is InChI=1S/C14H23N3O/c1-18-14-13(6-5-7-16-14)12-15-8-11-17-9-3-2-4-10-17/h5-7,15H,2-4,8-12H2,1H3. The Morgan fingerprint density at radius 1 is 1.33 bits per heavy atom. The molecule has 1 aliphatic heterocycles. The van der Waals surface area contributed by atoms with E-state index in [1.165, 1.54) is 32.4 Å². The summed E-state index contributed by atoms with van der Waals surface area (Å²) in [5.41, 5.74) is 1.12. The summed E-state index contributed by atoms with van der Waals surface area (Å²) in [5, 5.41) is 3.46. The zero-order valence-electron chi connectivity index (χ0n) is 11.2. The van der Waals surface area contributed by atoms with Crippen LogP contribution in [0.15, 0.2) is 18.3 Å². The summed E-state index contributed by atoms with van der Waals surface area (Å²) in [5.74, 6) is 0.725. The fourth-order valence-electron chi connectivity index (χ4n) is 2.39. The number of piperidine rings is 1. The average molecular weight is 249 g/mol. The molecule has 1 aromatic heterocycles. The Balaban J connectivity index is 1.68. The third-order valence-electron chi connectivity index (χ3n) is 3.41. The van der Waals surface area contributed by atoms with E-state index < -0.39 is 0 Å². The van der Waals surface area contributed by atoms with Crippen LogP contribution in [0.1, 0.15) is 24.8 Å². The number of aromatic nitrogens is 1. The van der Waals surface area contributed by atoms with Crippen LogP contribution < -0.4 is 10.1 Å². The number of likely N-dealkylation sites (tertiary alicyclic amines) is 1. The summed E-state index contributed by atoms with van der Waals surface area (Å²) in [4.78, 5) is 6.73. The number of pyridine rings is 1. The summed E-state index contributed by atoms with van der Waals surface area (Å²) in [7, 11) is 1.67. The third kappa shape index (κ3) is 3.96. The Labute approximate surface area is 109 Å². The van der Waals surface area contributed by atoms with Crippen molar-refractivity contribution in [3.8, 4) is 5.88 Å². The van der Waals surface area contributed by atoms with Crippen LogP contribution in [0.4, 0.5) is 0 Å². The maximum absolute atomic E-state index is 5.23. The molecule has 0 saturated carbocycles. The molecular formula is C14H23N3O. The van der Waals surface area contributed by atoms with Gasteiger partial charge in [0, 0.05) is 31.4 Å². The second-order valence-corrected chi connectivity index (χ2v) is 4.75. The molecule has 100 valence electrons. The molecule has 1 aromatic rings. The van der Waals surface area contributed by atoms with Crippen molar-refractivity contribution in [1.82, 2.24) is 15.2 Å². The zero-order valence-corrected chi connectivity index (χ0v) is 11.2. The first-order chi connectivity index (χ1) is 8.90. The third-order valence-corrected chi connectivity index (χ3v) is 3.41. The van der Waals surface area contributed by atoms with Crippen molar-refractivity contribution in [2.45, 2.75) is 25.8 Å². The van der Waals surface area contributed by atoms with Crippen molar-refractivity contribution in [1.29, 1.82) is 0 Å². The van der Waals surface area contributed by atoms with Gasteiger partial charge in [-0.3, -0.25) is 0 Å². The zero-order chi connectivity index (χ0) is 12.6. The van der Waals surface area contributed by atoms with Crippen molar-refractivity contribution in [3.63, 3.8) is 0 Å². The lowest BCUT2D eigenvalue weighted by molar-refractivity contribution is 0.229. The van der Waals surface area contributed by atoms with E-state index in [1.54, 1.807) is 13.3 Å². The molecule has 18 heavy (non-hydrogen) atoms. The van der Waals surface area contributed by atoms with Crippen molar-refractivity contribution in [2.75, 3.05) is 33.3 Å². The second-order valence-electron chi connectivity index (χ2n) is 4.75. The highest BCUT2D eigenvalue weighted by Crippen LogP contribution is 2.12. The van der Waals surface area contributed by atoms with Crippen LogP contribution in [0.3, 0.4) is 0 Å². The average Bonchev–Trinajstić information content (AvgIpc) is 2.45. The molecule has 0 radical (unpaired) electrons. The largest absolute Gasteiger partial charge is 0.481 e. The maximum atomic E-state index is 5.23. The van der Waals surface area contributed by atoms with E-state index in [2.05, 4.69) is 21.3 Å². The van der Waals surface area contributed by atoms with Crippen LogP contribution in [-0.2, 0) is 6.54 Å². The molecule has 4 heteroatoms. The molecule has 0 aromatic carbocycles. The van der Waals surface area contributed by atoms with Crippen molar-refractivity contribution in [2.24, 2.45) is 0 Å². The van der Waals surface area contributed by atoms with Crippen LogP contribution in [-0.4, -0.2) is 43.2 Å². The molecule has 1 fully saturated rings. The minimum absolute atomic E-state index is 0.725. The van der Waals surface area contributed by atoms with Gasteiger partial charge in [-0.2, -0.15) is 0 Å². The minimum Gasteiger partial charge on any atom is -0.481 e. The monoisotopic (exact) mass is 249 g/mol. The van der Waals surface area contributed by atoms with Gasteiger partial charge in [-0.15, -0.1) is 0 Å². The fourth-order valence-corrected chi connectivity index (χ4v) is 2.39. The minimum atomic E-state index is 0.725. The predicted molar refractivity (Wildman–Crippen MR) is 72.8 cm³/mol. The van der Waals surface area contributed by atoms with E-state index in [0.29, 0.717) is 0 Å². The lowest BCUT2D eigenvalue weighted by atomic mass is 10.1. The smallest absolute Gasteiger partial charge is 0.217 e. The summed E-state index contributed by atoms with van der Waals surface area (Å²) in [6, 6.07) is 4.00. The number of nitrogens with zero attached hydrogens (tertiary/aromatic N) is 2. The maximum Gasteiger partial charge on any atom is 0.217 e. The van der Waals surface area contributed by atoms with Gasteiger partial charge < -0.3 is 15.0 Å². The summed E-state index contributed by atoms with van der Waals surface area (Å²) in [6.07, 6.45) is 5.87. The van der Waals surface area contributed by atoms with Gasteiger partial charge in [-0.1, -0.05) is 12.5 Å². The molecule has 0 amide bonds. The topological polar surface area (TPSA) is 37.4 Å². The number of hydrogen-bond acceptors (Lipinski definition) is 4. The fraction of sp³-hybridized carbons (Fsp3) is 0.643. The molecule has 0 aliphatic carbocycles. The van der Waals surface area contributed by atoms with Crippen molar-refractivity contribution < 1.29 is 4.74 Å². The highest BCUT2D eigenvalue weighted by atomic mass is 16.5. The summed E-state index contributed by atoms with van der Waals surface area (Å²) < 4.78 is 5.23. The Kier molecular flexibility index (Phi) is 5.42. The normalized spacial score (nSPS) is 16.7. The number of nitrogens with one attached hydrogen (secondary N) is 1. The Hall–Kier alpha value is -1.13. The van der Waals surface area contributed by atoms with Crippen LogP contribution >= 0.6 is 0 Å². The number of rotatable bonds is 6. The van der Waals surface area contributed by atoms with E-state index in [0.717, 1.165) is 31.1 Å². The van der Waals surface area contributed by atoms with Gasteiger partial charge >= 0.3 is 0 Å². The summed E-state index contributed by atoms with van der Waals surface area (Å²) >= 11 is 0. The SMILES string of the molecule is COc1ncccc1CNCCN1CCCCC1. The quantitative estimate of drug-likeness (QED) is 0.778. The van der Waals surface area contributed by atoms with Crippen LogP contribution in [0.5, 0.6) is 5.88 Å². The molecule has 2 heterocycles. The predicted octanol–water partition coefficient (Wildman–Crippen LogP) is 1.67. The van der Waals surface area contributed by atoms with Gasteiger partial charge in [0.2, 0.25) is 5.88 Å². The van der Waals surface area contributed by atoms with Crippen LogP contribution in [0, 0.1) is 0 Å². The lowest BCUT2D eigenvalue weighted by Gasteiger charge is -2.26. The Morgan fingerprint density at radius 2 is 2.17 bits per heavy atom. The van der Waals surface area contributed by atoms with E-state index in [1.807, 2.05) is 6.07 Å². The van der Waals surface area contributed by atoms with Gasteiger partial charge in [-0.05, 0) is 32.0 Å². The van der Waals surface area contributed by atoms with Crippen molar-refractivity contribution in [3.05, 3.63) is 23.9 Å². The first-order valence-corrected chi connectivity index (χ1v) is 6.81. The molecule has 1 saturated heterocycles. The molecule has 0 unspecified atom stereocenters. The molecule has 0 atom stereocenters. The van der Waals surface area contributed by atoms with Crippen LogP contribution in [0.2, 0.25) is 0 Å². The van der Waals surface area contributed by atoms with E-state index >= 15 is 0 Å². The van der Waals surface area contributed by atoms with E-state index in [-0.39, 0.29) is 0 Å². The molecule has 2 rings (SSSR count). The number of methoxy groups -OCH3 is 1. The summed E-state index contributed by atoms with van der Waals surface area (Å²) in [6.45, 7) is 5.52.